The molecule has 0 heterocycles. The molecule has 0 fully saturated rings. The van der Waals surface area contributed by atoms with E-state index in [1.807, 2.05) is 0 Å². The molecule has 0 unspecified atom stereocenters. The zero-order valence-electron chi connectivity index (χ0n) is 28.8. The first-order valence-corrected chi connectivity index (χ1v) is 17.7. The molecule has 0 aliphatic rings. The molecule has 48 heavy (non-hydrogen) atoms. The molecular weight excluding hydrogens is 751 g/mol. The van der Waals surface area contributed by atoms with Crippen LogP contribution in [-0.2, 0) is 66.4 Å². The summed E-state index contributed by atoms with van der Waals surface area (Å²) in [6.45, 7) is 11.8. The predicted octanol–water partition coefficient (Wildman–Crippen LogP) is 0.391. The fourth-order valence-electron chi connectivity index (χ4n) is 3.36. The molecule has 0 radical (unpaired) electrons. The van der Waals surface area contributed by atoms with Crippen LogP contribution in [0.15, 0.2) is 0 Å². The van der Waals surface area contributed by atoms with E-state index in [4.69, 9.17) is 62.6 Å². The van der Waals surface area contributed by atoms with Gasteiger partial charge >= 0.3 is 0 Å². The van der Waals surface area contributed by atoms with E-state index in [2.05, 4.69) is 5.32 Å². The van der Waals surface area contributed by atoms with Gasteiger partial charge in [-0.25, -0.2) is 0 Å². The fraction of sp³-hybridized carbons (Fsp3) is 0.935. The lowest BCUT2D eigenvalue weighted by atomic mass is 10.2. The van der Waals surface area contributed by atoms with Crippen molar-refractivity contribution in [2.75, 3.05) is 166 Å². The van der Waals surface area contributed by atoms with Gasteiger partial charge in [0.2, 0.25) is 9.70 Å². The molecule has 0 rings (SSSR count). The second-order valence-corrected chi connectivity index (χ2v) is 10.9. The average Bonchev–Trinajstić information content (AvgIpc) is 3.08. The highest BCUT2D eigenvalue weighted by Crippen LogP contribution is 2.00. The number of nitrogens with two attached hydrogens (primary N) is 1. The van der Waals surface area contributed by atoms with Gasteiger partial charge in [-0.15, -0.1) is 0 Å². The third-order valence-electron chi connectivity index (χ3n) is 5.93. The second kappa shape index (κ2) is 40.8. The molecular formula is C31H61IN2O14. The molecule has 0 aromatic rings. The van der Waals surface area contributed by atoms with Crippen molar-refractivity contribution in [3.05, 3.63) is 0 Å². The topological polar surface area (TPSA) is 183 Å². The van der Waals surface area contributed by atoms with E-state index in [9.17, 15) is 9.59 Å². The quantitative estimate of drug-likeness (QED) is 0.0491. The van der Waals surface area contributed by atoms with Gasteiger partial charge in [0.25, 0.3) is 0 Å². The molecule has 0 bridgehead atoms. The highest BCUT2D eigenvalue weighted by atomic mass is 127. The van der Waals surface area contributed by atoms with Gasteiger partial charge in [0.1, 0.15) is 0 Å². The van der Waals surface area contributed by atoms with Crippen LogP contribution in [0.5, 0.6) is 0 Å². The van der Waals surface area contributed by atoms with Gasteiger partial charge in [-0.1, -0.05) is 0 Å². The average molecular weight is 813 g/mol. The van der Waals surface area contributed by atoms with Gasteiger partial charge in [0.05, 0.1) is 158 Å². The lowest BCUT2D eigenvalue weighted by molar-refractivity contribution is -0.122. The summed E-state index contributed by atoms with van der Waals surface area (Å²) in [6, 6.07) is -0.470. The molecule has 0 aromatic heterocycles. The molecule has 0 spiro atoms. The standard InChI is InChI=1S/C31H61IN2O14/c1-37-7-8-39-11-12-41-15-16-43-19-20-45-23-24-47-27-28-48-26-25-46-22-21-44-18-17-42-14-13-40-10-9-38-6-4-30(35)34-5-2-3-29(33)31(32)36/h29H,2-28,33H2,1H3,(H,34,35)/t29-/m0/s1. The van der Waals surface area contributed by atoms with Gasteiger partial charge in [-0.3, -0.25) is 9.59 Å². The summed E-state index contributed by atoms with van der Waals surface area (Å²) in [7, 11) is 1.64. The van der Waals surface area contributed by atoms with Crippen LogP contribution in [0.25, 0.3) is 0 Å². The summed E-state index contributed by atoms with van der Waals surface area (Å²) in [5.41, 5.74) is 5.65. The van der Waals surface area contributed by atoms with Crippen LogP contribution in [0, 0.1) is 0 Å². The van der Waals surface area contributed by atoms with Crippen LogP contribution in [0.3, 0.4) is 0 Å². The van der Waals surface area contributed by atoms with E-state index >= 15 is 0 Å². The monoisotopic (exact) mass is 812 g/mol. The summed E-state index contributed by atoms with van der Waals surface area (Å²) >= 11 is 1.68. The molecule has 0 saturated carbocycles. The van der Waals surface area contributed by atoms with Crippen molar-refractivity contribution in [3.63, 3.8) is 0 Å². The Labute approximate surface area is 300 Å². The maximum absolute atomic E-state index is 11.7. The molecule has 0 aromatic carbocycles. The lowest BCUT2D eigenvalue weighted by Gasteiger charge is -2.09. The molecule has 0 aliphatic heterocycles. The van der Waals surface area contributed by atoms with E-state index in [1.165, 1.54) is 0 Å². The minimum Gasteiger partial charge on any atom is -0.382 e. The Morgan fingerprint density at radius 2 is 0.771 bits per heavy atom. The van der Waals surface area contributed by atoms with Crippen molar-refractivity contribution >= 4 is 32.3 Å². The number of carbonyl (C=O) groups excluding carboxylic acids is 2. The first-order chi connectivity index (χ1) is 23.6. The summed E-state index contributed by atoms with van der Waals surface area (Å²) in [5, 5.41) is 2.78. The number of amides is 1. The maximum Gasteiger partial charge on any atom is 0.222 e. The van der Waals surface area contributed by atoms with Crippen molar-refractivity contribution in [3.8, 4) is 0 Å². The first kappa shape index (κ1) is 47.4. The van der Waals surface area contributed by atoms with Crippen molar-refractivity contribution < 1.29 is 66.4 Å². The number of hydrogen-bond acceptors (Lipinski definition) is 15. The Kier molecular flexibility index (Phi) is 40.2. The van der Waals surface area contributed by atoms with Crippen LogP contribution in [0.1, 0.15) is 19.3 Å². The molecule has 17 heteroatoms. The van der Waals surface area contributed by atoms with Crippen LogP contribution in [0.4, 0.5) is 0 Å². The van der Waals surface area contributed by atoms with Crippen LogP contribution < -0.4 is 11.1 Å². The zero-order chi connectivity index (χ0) is 35.0. The van der Waals surface area contributed by atoms with Crippen molar-refractivity contribution in [2.45, 2.75) is 25.3 Å². The first-order valence-electron chi connectivity index (χ1n) is 16.6. The number of rotatable bonds is 41. The molecule has 0 saturated heterocycles. The summed E-state index contributed by atoms with van der Waals surface area (Å²) in [4.78, 5) is 22.8. The number of ether oxygens (including phenoxy) is 12. The maximum atomic E-state index is 11.7. The third-order valence-corrected chi connectivity index (χ3v) is 6.73. The van der Waals surface area contributed by atoms with Crippen molar-refractivity contribution in [1.82, 2.24) is 5.32 Å². The van der Waals surface area contributed by atoms with Crippen molar-refractivity contribution in [1.29, 1.82) is 0 Å². The lowest BCUT2D eigenvalue weighted by Crippen LogP contribution is -2.30. The number of carbonyl (C=O) groups is 2. The van der Waals surface area contributed by atoms with Crippen LogP contribution >= 0.6 is 22.6 Å². The van der Waals surface area contributed by atoms with Gasteiger partial charge in [0, 0.05) is 42.7 Å². The van der Waals surface area contributed by atoms with E-state index in [0.29, 0.717) is 171 Å². The Hall–Kier alpha value is -0.650. The molecule has 3 N–H and O–H groups in total. The minimum atomic E-state index is -0.470. The number of nitrogens with one attached hydrogen (secondary N) is 1. The Bertz CT molecular complexity index is 687. The summed E-state index contributed by atoms with van der Waals surface area (Å²) < 4.78 is 64.5. The molecule has 16 nitrogen and oxygen atoms in total. The Balaban J connectivity index is 3.12. The zero-order valence-corrected chi connectivity index (χ0v) is 31.0. The van der Waals surface area contributed by atoms with E-state index in [-0.39, 0.29) is 16.1 Å². The molecule has 286 valence electrons. The van der Waals surface area contributed by atoms with Gasteiger partial charge in [-0.05, 0) is 12.8 Å². The van der Waals surface area contributed by atoms with Crippen LogP contribution in [-0.4, -0.2) is 181 Å². The highest BCUT2D eigenvalue weighted by molar-refractivity contribution is 14.1. The predicted molar refractivity (Wildman–Crippen MR) is 185 cm³/mol. The van der Waals surface area contributed by atoms with Gasteiger partial charge in [-0.2, -0.15) is 0 Å². The Morgan fingerprint density at radius 1 is 0.500 bits per heavy atom. The third kappa shape index (κ3) is 39.8. The second-order valence-electron chi connectivity index (χ2n) is 9.88. The minimum absolute atomic E-state index is 0.0713. The molecule has 0 aliphatic carbocycles. The van der Waals surface area contributed by atoms with E-state index in [1.54, 1.807) is 29.7 Å². The normalized spacial score (nSPS) is 12.1. The van der Waals surface area contributed by atoms with Crippen molar-refractivity contribution in [2.24, 2.45) is 5.73 Å². The number of halogens is 1. The molecule has 1 atom stereocenters. The summed E-state index contributed by atoms with van der Waals surface area (Å²) in [6.07, 6.45) is 1.49. The number of hydrogen-bond donors (Lipinski definition) is 2. The van der Waals surface area contributed by atoms with Crippen LogP contribution in [0.2, 0.25) is 0 Å². The number of methoxy groups -OCH3 is 1. The molecule has 1 amide bonds. The summed E-state index contributed by atoms with van der Waals surface area (Å²) in [5.74, 6) is -0.0915. The smallest absolute Gasteiger partial charge is 0.222 e. The van der Waals surface area contributed by atoms with Gasteiger partial charge < -0.3 is 67.9 Å². The van der Waals surface area contributed by atoms with E-state index in [0.717, 1.165) is 0 Å². The van der Waals surface area contributed by atoms with E-state index < -0.39 is 6.04 Å². The van der Waals surface area contributed by atoms with Gasteiger partial charge in [0.15, 0.2) is 0 Å². The SMILES string of the molecule is COCCOCCOCCOCCOCCOCCOCCOCCOCCOCCOCCOCCC(=O)NCCC[C@H](N)C(=O)I. The highest BCUT2D eigenvalue weighted by Gasteiger charge is 2.09. The fourth-order valence-corrected chi connectivity index (χ4v) is 3.67. The largest absolute Gasteiger partial charge is 0.382 e. The Morgan fingerprint density at radius 3 is 1.04 bits per heavy atom.